The van der Waals surface area contributed by atoms with Gasteiger partial charge in [-0.1, -0.05) is 44.2 Å². The number of methoxy groups -OCH3 is 1. The number of esters is 1. The third kappa shape index (κ3) is 4.73. The number of aliphatic hydroxyl groups excluding tert-OH is 1. The molecule has 0 heterocycles. The highest BCUT2D eigenvalue weighted by molar-refractivity contribution is 7.99. The van der Waals surface area contributed by atoms with Gasteiger partial charge in [-0.3, -0.25) is 5.32 Å². The molecule has 4 nitrogen and oxygen atoms in total. The average Bonchev–Trinajstić information content (AvgIpc) is 2.53. The molecule has 1 aromatic rings. The van der Waals surface area contributed by atoms with Crippen LogP contribution in [-0.4, -0.2) is 42.3 Å². The number of carbonyl (C=O) groups excluding carboxylic acids is 1. The number of thioether (sulfide) groups is 1. The molecule has 2 N–H and O–H groups in total. The van der Waals surface area contributed by atoms with Crippen molar-refractivity contribution in [3.63, 3.8) is 0 Å². The van der Waals surface area contributed by atoms with Crippen LogP contribution in [-0.2, 0) is 15.1 Å². The van der Waals surface area contributed by atoms with Crippen LogP contribution < -0.4 is 5.32 Å². The van der Waals surface area contributed by atoms with Gasteiger partial charge in [-0.2, -0.15) is 11.8 Å². The normalized spacial score (nSPS) is 15.2. The van der Waals surface area contributed by atoms with Gasteiger partial charge in [0.05, 0.1) is 13.7 Å². The van der Waals surface area contributed by atoms with Crippen LogP contribution in [0.3, 0.4) is 0 Å². The van der Waals surface area contributed by atoms with Crippen LogP contribution in [0.2, 0.25) is 0 Å². The van der Waals surface area contributed by atoms with E-state index in [1.807, 2.05) is 44.2 Å². The molecule has 0 saturated heterocycles. The fourth-order valence-electron chi connectivity index (χ4n) is 2.29. The van der Waals surface area contributed by atoms with Gasteiger partial charge in [0.15, 0.2) is 0 Å². The molecule has 0 aliphatic carbocycles. The Hall–Kier alpha value is -1.04. The van der Waals surface area contributed by atoms with Gasteiger partial charge in [0.25, 0.3) is 0 Å². The van der Waals surface area contributed by atoms with Gasteiger partial charge in [-0.25, -0.2) is 4.79 Å². The Labute approximate surface area is 131 Å². The van der Waals surface area contributed by atoms with E-state index in [1.165, 1.54) is 7.11 Å². The molecular weight excluding hydrogens is 286 g/mol. The fourth-order valence-corrected chi connectivity index (χ4v) is 3.22. The van der Waals surface area contributed by atoms with Gasteiger partial charge < -0.3 is 9.84 Å². The van der Waals surface area contributed by atoms with Crippen LogP contribution in [0.1, 0.15) is 25.8 Å². The predicted octanol–water partition coefficient (Wildman–Crippen LogP) is 2.17. The van der Waals surface area contributed by atoms with Crippen molar-refractivity contribution in [2.45, 2.75) is 31.1 Å². The molecule has 0 fully saturated rings. The number of rotatable bonds is 9. The highest BCUT2D eigenvalue weighted by atomic mass is 32.2. The van der Waals surface area contributed by atoms with Crippen molar-refractivity contribution in [3.8, 4) is 0 Å². The highest BCUT2D eigenvalue weighted by Crippen LogP contribution is 2.29. The second-order valence-corrected chi connectivity index (χ2v) is 6.45. The number of carbonyl (C=O) groups is 1. The van der Waals surface area contributed by atoms with E-state index in [9.17, 15) is 4.79 Å². The number of aliphatic hydroxyl groups is 1. The number of nitrogens with one attached hydrogen (secondary N) is 1. The lowest BCUT2D eigenvalue weighted by Gasteiger charge is -2.32. The minimum atomic E-state index is -0.826. The molecule has 0 aromatic heterocycles. The Morgan fingerprint density at radius 1 is 1.43 bits per heavy atom. The van der Waals surface area contributed by atoms with E-state index in [0.29, 0.717) is 13.0 Å². The molecular formula is C16H25NO3S. The van der Waals surface area contributed by atoms with Gasteiger partial charge in [-0.05, 0) is 24.3 Å². The summed E-state index contributed by atoms with van der Waals surface area (Å²) in [7, 11) is 1.42. The second kappa shape index (κ2) is 9.07. The van der Waals surface area contributed by atoms with Crippen molar-refractivity contribution in [3.05, 3.63) is 35.9 Å². The molecule has 5 heteroatoms. The van der Waals surface area contributed by atoms with E-state index < -0.39 is 5.54 Å². The smallest absolute Gasteiger partial charge is 0.330 e. The van der Waals surface area contributed by atoms with Crippen LogP contribution in [0.25, 0.3) is 0 Å². The molecule has 1 aromatic carbocycles. The molecule has 21 heavy (non-hydrogen) atoms. The highest BCUT2D eigenvalue weighted by Gasteiger charge is 2.40. The van der Waals surface area contributed by atoms with Crippen LogP contribution in [0.4, 0.5) is 0 Å². The number of hydrogen-bond donors (Lipinski definition) is 2. The molecule has 0 saturated carbocycles. The Morgan fingerprint density at radius 2 is 2.10 bits per heavy atom. The molecule has 2 atom stereocenters. The minimum absolute atomic E-state index is 0.141. The third-order valence-corrected chi connectivity index (χ3v) is 4.57. The van der Waals surface area contributed by atoms with E-state index in [4.69, 9.17) is 9.84 Å². The second-order valence-electron chi connectivity index (χ2n) is 4.91. The van der Waals surface area contributed by atoms with Gasteiger partial charge >= 0.3 is 5.97 Å². The quantitative estimate of drug-likeness (QED) is 0.685. The van der Waals surface area contributed by atoms with Gasteiger partial charge in [0.2, 0.25) is 0 Å². The maximum absolute atomic E-state index is 12.4. The molecule has 1 rings (SSSR count). The summed E-state index contributed by atoms with van der Waals surface area (Å²) in [5, 5.41) is 12.6. The van der Waals surface area contributed by atoms with Gasteiger partial charge in [0.1, 0.15) is 5.54 Å². The average molecular weight is 311 g/mol. The van der Waals surface area contributed by atoms with Crippen LogP contribution in [0.5, 0.6) is 0 Å². The van der Waals surface area contributed by atoms with Crippen LogP contribution in [0, 0.1) is 0 Å². The largest absolute Gasteiger partial charge is 0.467 e. The van der Waals surface area contributed by atoms with Crippen molar-refractivity contribution in [1.82, 2.24) is 5.32 Å². The summed E-state index contributed by atoms with van der Waals surface area (Å²) in [6, 6.07) is 9.67. The first-order valence-corrected chi connectivity index (χ1v) is 8.27. The van der Waals surface area contributed by atoms with E-state index in [0.717, 1.165) is 11.3 Å². The number of likely N-dealkylation sites (N-methyl/N-ethyl adjacent to an activating group) is 1. The predicted molar refractivity (Wildman–Crippen MR) is 87.4 cm³/mol. The fraction of sp³-hybridized carbons (Fsp3) is 0.562. The number of ether oxygens (including phenoxy) is 1. The molecule has 2 unspecified atom stereocenters. The molecule has 0 spiro atoms. The lowest BCUT2D eigenvalue weighted by Crippen LogP contribution is -2.50. The monoisotopic (exact) mass is 311 g/mol. The number of hydrogen-bond acceptors (Lipinski definition) is 5. The minimum Gasteiger partial charge on any atom is -0.467 e. The third-order valence-electron chi connectivity index (χ3n) is 3.42. The first-order valence-electron chi connectivity index (χ1n) is 7.22. The summed E-state index contributed by atoms with van der Waals surface area (Å²) in [4.78, 5) is 12.4. The lowest BCUT2D eigenvalue weighted by molar-refractivity contribution is -0.149. The lowest BCUT2D eigenvalue weighted by atomic mass is 9.87. The molecule has 0 aliphatic rings. The summed E-state index contributed by atoms with van der Waals surface area (Å²) >= 11 is 1.65. The topological polar surface area (TPSA) is 58.6 Å². The van der Waals surface area contributed by atoms with Crippen LogP contribution >= 0.6 is 11.8 Å². The standard InChI is InChI=1S/C16H25NO3S/c1-4-17-16(15(19)20-3,10-11-21-13(2)12-18)14-8-6-5-7-9-14/h5-9,13,17-18H,4,10-12H2,1-3H3. The van der Waals surface area contributed by atoms with Crippen molar-refractivity contribution < 1.29 is 14.6 Å². The SMILES string of the molecule is CCNC(CCSC(C)CO)(C(=O)OC)c1ccccc1. The summed E-state index contributed by atoms with van der Waals surface area (Å²) in [6.07, 6.45) is 0.618. The van der Waals surface area contributed by atoms with E-state index in [-0.39, 0.29) is 17.8 Å². The Kier molecular flexibility index (Phi) is 7.78. The molecule has 0 aliphatic heterocycles. The summed E-state index contributed by atoms with van der Waals surface area (Å²) in [6.45, 7) is 4.76. The van der Waals surface area contributed by atoms with Gasteiger partial charge in [-0.15, -0.1) is 0 Å². The first kappa shape index (κ1) is 18.0. The molecule has 0 amide bonds. The van der Waals surface area contributed by atoms with Crippen molar-refractivity contribution in [1.29, 1.82) is 0 Å². The Balaban J connectivity index is 2.99. The van der Waals surface area contributed by atoms with Crippen molar-refractivity contribution >= 4 is 17.7 Å². The molecule has 118 valence electrons. The van der Waals surface area contributed by atoms with Gasteiger partial charge in [0, 0.05) is 5.25 Å². The van der Waals surface area contributed by atoms with E-state index >= 15 is 0 Å². The first-order chi connectivity index (χ1) is 10.1. The summed E-state index contributed by atoms with van der Waals surface area (Å²) in [5.41, 5.74) is 0.0865. The van der Waals surface area contributed by atoms with Crippen LogP contribution in [0.15, 0.2) is 30.3 Å². The maximum Gasteiger partial charge on any atom is 0.330 e. The molecule has 0 bridgehead atoms. The zero-order chi connectivity index (χ0) is 15.7. The number of benzene rings is 1. The summed E-state index contributed by atoms with van der Waals surface area (Å²) < 4.78 is 5.05. The Bertz CT molecular complexity index is 427. The van der Waals surface area contributed by atoms with Crippen molar-refractivity contribution in [2.24, 2.45) is 0 Å². The van der Waals surface area contributed by atoms with Crippen molar-refractivity contribution in [2.75, 3.05) is 26.0 Å². The maximum atomic E-state index is 12.4. The van der Waals surface area contributed by atoms with E-state index in [1.54, 1.807) is 11.8 Å². The zero-order valence-corrected chi connectivity index (χ0v) is 13.8. The molecule has 0 radical (unpaired) electrons. The zero-order valence-electron chi connectivity index (χ0n) is 13.0. The Morgan fingerprint density at radius 3 is 2.62 bits per heavy atom. The summed E-state index contributed by atoms with van der Waals surface area (Å²) in [5.74, 6) is 0.492. The van der Waals surface area contributed by atoms with E-state index in [2.05, 4.69) is 5.32 Å².